The highest BCUT2D eigenvalue weighted by Crippen LogP contribution is 2.27. The van der Waals surface area contributed by atoms with E-state index in [1.165, 1.54) is 25.5 Å². The van der Waals surface area contributed by atoms with E-state index < -0.39 is 23.5 Å². The van der Waals surface area contributed by atoms with Gasteiger partial charge in [-0.15, -0.1) is 0 Å². The second-order valence-electron chi connectivity index (χ2n) is 5.38. The molecule has 0 aromatic carbocycles. The molecule has 1 aromatic rings. The SMILES string of the molecule is C[C@@H](OC(=O)c1cnccn1)C(=O)NC1(C#N)CCCCC1. The Bertz CT molecular complexity index is 576. The molecule has 2 rings (SSSR count). The maximum Gasteiger partial charge on any atom is 0.359 e. The van der Waals surface area contributed by atoms with Crippen molar-refractivity contribution < 1.29 is 14.3 Å². The van der Waals surface area contributed by atoms with Crippen LogP contribution < -0.4 is 5.32 Å². The van der Waals surface area contributed by atoms with Crippen molar-refractivity contribution in [3.05, 3.63) is 24.3 Å². The van der Waals surface area contributed by atoms with E-state index in [4.69, 9.17) is 4.74 Å². The first kappa shape index (κ1) is 15.9. The highest BCUT2D eigenvalue weighted by molar-refractivity contribution is 5.90. The van der Waals surface area contributed by atoms with Gasteiger partial charge in [-0.25, -0.2) is 9.78 Å². The molecule has 1 N–H and O–H groups in total. The minimum atomic E-state index is -0.998. The molecule has 1 atom stereocenters. The number of carbonyl (C=O) groups excluding carboxylic acids is 2. The Kier molecular flexibility index (Phi) is 5.04. The monoisotopic (exact) mass is 302 g/mol. The van der Waals surface area contributed by atoms with E-state index in [1.54, 1.807) is 0 Å². The molecule has 1 aliphatic rings. The van der Waals surface area contributed by atoms with E-state index in [0.717, 1.165) is 19.3 Å². The number of ether oxygens (including phenoxy) is 1. The molecule has 1 fully saturated rings. The van der Waals surface area contributed by atoms with E-state index in [9.17, 15) is 14.9 Å². The maximum absolute atomic E-state index is 12.2. The van der Waals surface area contributed by atoms with Crippen LogP contribution in [0.2, 0.25) is 0 Å². The summed E-state index contributed by atoms with van der Waals surface area (Å²) in [7, 11) is 0. The molecular weight excluding hydrogens is 284 g/mol. The van der Waals surface area contributed by atoms with Gasteiger partial charge in [-0.3, -0.25) is 9.78 Å². The summed E-state index contributed by atoms with van der Waals surface area (Å²) in [6, 6.07) is 2.19. The van der Waals surface area contributed by atoms with Gasteiger partial charge in [0.2, 0.25) is 0 Å². The molecule has 0 aliphatic heterocycles. The molecule has 1 aliphatic carbocycles. The number of hydrogen-bond acceptors (Lipinski definition) is 6. The lowest BCUT2D eigenvalue weighted by molar-refractivity contribution is -0.130. The van der Waals surface area contributed by atoms with E-state index in [1.807, 2.05) is 0 Å². The summed E-state index contributed by atoms with van der Waals surface area (Å²) in [6.45, 7) is 1.47. The van der Waals surface area contributed by atoms with Crippen LogP contribution in [-0.4, -0.2) is 33.5 Å². The Labute approximate surface area is 128 Å². The standard InChI is InChI=1S/C15H18N4O3/c1-11(22-14(21)12-9-17-7-8-18-12)13(20)19-15(10-16)5-3-2-4-6-15/h7-9,11H,2-6H2,1H3,(H,19,20)/t11-/m1/s1. The summed E-state index contributed by atoms with van der Waals surface area (Å²) in [6.07, 6.45) is 7.20. The van der Waals surface area contributed by atoms with Crippen molar-refractivity contribution >= 4 is 11.9 Å². The summed E-state index contributed by atoms with van der Waals surface area (Å²) >= 11 is 0. The number of esters is 1. The van der Waals surface area contributed by atoms with E-state index in [2.05, 4.69) is 21.4 Å². The van der Waals surface area contributed by atoms with Crippen LogP contribution in [0.4, 0.5) is 0 Å². The number of carbonyl (C=O) groups is 2. The molecule has 116 valence electrons. The second kappa shape index (κ2) is 6.98. The molecule has 1 aromatic heterocycles. The maximum atomic E-state index is 12.2. The Morgan fingerprint density at radius 3 is 2.68 bits per heavy atom. The Morgan fingerprint density at radius 2 is 2.09 bits per heavy atom. The zero-order chi connectivity index (χ0) is 16.0. The molecule has 0 radical (unpaired) electrons. The Morgan fingerprint density at radius 1 is 1.36 bits per heavy atom. The van der Waals surface area contributed by atoms with Crippen molar-refractivity contribution in [2.24, 2.45) is 0 Å². The molecule has 1 saturated carbocycles. The Hall–Kier alpha value is -2.49. The van der Waals surface area contributed by atoms with Crippen LogP contribution in [0.5, 0.6) is 0 Å². The normalized spacial score (nSPS) is 17.8. The van der Waals surface area contributed by atoms with Gasteiger partial charge in [0.1, 0.15) is 5.54 Å². The average molecular weight is 302 g/mol. The number of hydrogen-bond donors (Lipinski definition) is 1. The number of amides is 1. The minimum Gasteiger partial charge on any atom is -0.448 e. The molecule has 7 nitrogen and oxygen atoms in total. The quantitative estimate of drug-likeness (QED) is 0.842. The summed E-state index contributed by atoms with van der Waals surface area (Å²) in [5, 5.41) is 12.1. The molecule has 1 heterocycles. The van der Waals surface area contributed by atoms with Gasteiger partial charge in [-0.05, 0) is 19.8 Å². The minimum absolute atomic E-state index is 0.0369. The molecule has 0 spiro atoms. The third-order valence-electron chi connectivity index (χ3n) is 3.71. The smallest absolute Gasteiger partial charge is 0.359 e. The first-order valence-corrected chi connectivity index (χ1v) is 7.27. The number of nitrogens with zero attached hydrogens (tertiary/aromatic N) is 3. The van der Waals surface area contributed by atoms with Gasteiger partial charge in [0.25, 0.3) is 5.91 Å². The fourth-order valence-electron chi connectivity index (χ4n) is 2.44. The lowest BCUT2D eigenvalue weighted by Gasteiger charge is -2.32. The lowest BCUT2D eigenvalue weighted by atomic mass is 9.83. The number of nitriles is 1. The van der Waals surface area contributed by atoms with E-state index >= 15 is 0 Å². The van der Waals surface area contributed by atoms with E-state index in [0.29, 0.717) is 12.8 Å². The van der Waals surface area contributed by atoms with Crippen LogP contribution in [0.3, 0.4) is 0 Å². The average Bonchev–Trinajstić information content (AvgIpc) is 2.56. The Balaban J connectivity index is 1.94. The second-order valence-corrected chi connectivity index (χ2v) is 5.38. The van der Waals surface area contributed by atoms with Crippen LogP contribution in [-0.2, 0) is 9.53 Å². The lowest BCUT2D eigenvalue weighted by Crippen LogP contribution is -2.52. The summed E-state index contributed by atoms with van der Waals surface area (Å²) in [5.74, 6) is -1.19. The van der Waals surface area contributed by atoms with Crippen molar-refractivity contribution in [2.45, 2.75) is 50.7 Å². The molecular formula is C15H18N4O3. The molecule has 0 saturated heterocycles. The molecule has 1 amide bonds. The molecule has 22 heavy (non-hydrogen) atoms. The predicted molar refractivity (Wildman–Crippen MR) is 76.5 cm³/mol. The first-order chi connectivity index (χ1) is 10.6. The summed E-state index contributed by atoms with van der Waals surface area (Å²) in [4.78, 5) is 31.6. The van der Waals surface area contributed by atoms with Gasteiger partial charge < -0.3 is 10.1 Å². The molecule has 7 heteroatoms. The van der Waals surface area contributed by atoms with Crippen LogP contribution in [0.15, 0.2) is 18.6 Å². The predicted octanol–water partition coefficient (Wildman–Crippen LogP) is 1.36. The highest BCUT2D eigenvalue weighted by atomic mass is 16.5. The van der Waals surface area contributed by atoms with Crippen LogP contribution >= 0.6 is 0 Å². The largest absolute Gasteiger partial charge is 0.448 e. The van der Waals surface area contributed by atoms with Crippen LogP contribution in [0.25, 0.3) is 0 Å². The van der Waals surface area contributed by atoms with Crippen molar-refractivity contribution in [1.82, 2.24) is 15.3 Å². The fraction of sp³-hybridized carbons (Fsp3) is 0.533. The van der Waals surface area contributed by atoms with Gasteiger partial charge >= 0.3 is 5.97 Å². The van der Waals surface area contributed by atoms with Crippen molar-refractivity contribution in [3.8, 4) is 6.07 Å². The number of nitrogens with one attached hydrogen (secondary N) is 1. The first-order valence-electron chi connectivity index (χ1n) is 7.27. The van der Waals surface area contributed by atoms with Gasteiger partial charge in [0.15, 0.2) is 11.8 Å². The van der Waals surface area contributed by atoms with Gasteiger partial charge in [0, 0.05) is 12.4 Å². The fourth-order valence-corrected chi connectivity index (χ4v) is 2.44. The van der Waals surface area contributed by atoms with Crippen molar-refractivity contribution in [1.29, 1.82) is 5.26 Å². The summed E-state index contributed by atoms with van der Waals surface area (Å²) in [5.41, 5.74) is -0.808. The van der Waals surface area contributed by atoms with Gasteiger partial charge in [-0.1, -0.05) is 19.3 Å². The van der Waals surface area contributed by atoms with Gasteiger partial charge in [0.05, 0.1) is 12.3 Å². The van der Waals surface area contributed by atoms with Crippen LogP contribution in [0, 0.1) is 11.3 Å². The van der Waals surface area contributed by atoms with Gasteiger partial charge in [-0.2, -0.15) is 5.26 Å². The zero-order valence-corrected chi connectivity index (χ0v) is 12.4. The summed E-state index contributed by atoms with van der Waals surface area (Å²) < 4.78 is 5.07. The zero-order valence-electron chi connectivity index (χ0n) is 12.4. The van der Waals surface area contributed by atoms with E-state index in [-0.39, 0.29) is 5.69 Å². The number of aromatic nitrogens is 2. The molecule has 0 bridgehead atoms. The molecule has 0 unspecified atom stereocenters. The topological polar surface area (TPSA) is 105 Å². The van der Waals surface area contributed by atoms with Crippen molar-refractivity contribution in [3.63, 3.8) is 0 Å². The number of rotatable bonds is 4. The van der Waals surface area contributed by atoms with Crippen molar-refractivity contribution in [2.75, 3.05) is 0 Å². The third-order valence-corrected chi connectivity index (χ3v) is 3.71. The highest BCUT2D eigenvalue weighted by Gasteiger charge is 2.35. The third kappa shape index (κ3) is 3.79. The van der Waals surface area contributed by atoms with Crippen LogP contribution in [0.1, 0.15) is 49.5 Å².